The van der Waals surface area contributed by atoms with Gasteiger partial charge in [-0.25, -0.2) is 5.43 Å². The van der Waals surface area contributed by atoms with E-state index in [-0.39, 0.29) is 0 Å². The molecule has 0 aliphatic heterocycles. The molecule has 0 spiro atoms. The van der Waals surface area contributed by atoms with Crippen molar-refractivity contribution in [1.29, 1.82) is 0 Å². The zero-order valence-corrected chi connectivity index (χ0v) is 15.0. The van der Waals surface area contributed by atoms with Crippen LogP contribution < -0.4 is 20.2 Å². The first-order valence-corrected chi connectivity index (χ1v) is 8.12. The highest BCUT2D eigenvalue weighted by Gasteiger charge is 2.14. The van der Waals surface area contributed by atoms with Crippen LogP contribution in [0.3, 0.4) is 0 Å². The molecule has 2 aromatic rings. The van der Waals surface area contributed by atoms with E-state index in [1.54, 1.807) is 42.5 Å². The summed E-state index contributed by atoms with van der Waals surface area (Å²) in [4.78, 5) is 23.6. The minimum absolute atomic E-state index is 0.332. The quantitative estimate of drug-likeness (QED) is 0.461. The fourth-order valence-electron chi connectivity index (χ4n) is 2.00. The Balaban J connectivity index is 1.96. The molecule has 0 aromatic heterocycles. The number of para-hydroxylation sites is 1. The zero-order valence-electron chi connectivity index (χ0n) is 14.3. The number of nitrogens with one attached hydrogen (secondary N) is 2. The number of ether oxygens (including phenoxy) is 2. The lowest BCUT2D eigenvalue weighted by Gasteiger charge is -2.09. The van der Waals surface area contributed by atoms with Gasteiger partial charge in [0.25, 0.3) is 0 Å². The predicted octanol–water partition coefficient (Wildman–Crippen LogP) is 2.84. The lowest BCUT2D eigenvalue weighted by Crippen LogP contribution is -2.32. The van der Waals surface area contributed by atoms with Crippen molar-refractivity contribution >= 4 is 35.3 Å². The summed E-state index contributed by atoms with van der Waals surface area (Å²) in [6.07, 6.45) is 1.39. The summed E-state index contributed by atoms with van der Waals surface area (Å²) in [6.45, 7) is 2.39. The van der Waals surface area contributed by atoms with Crippen molar-refractivity contribution in [2.45, 2.75) is 6.92 Å². The third-order valence-corrected chi connectivity index (χ3v) is 3.53. The van der Waals surface area contributed by atoms with Gasteiger partial charge < -0.3 is 14.8 Å². The maximum atomic E-state index is 11.8. The van der Waals surface area contributed by atoms with Gasteiger partial charge in [0.1, 0.15) is 0 Å². The zero-order chi connectivity index (χ0) is 18.9. The molecule has 0 aliphatic rings. The number of amides is 2. The second kappa shape index (κ2) is 9.43. The maximum Gasteiger partial charge on any atom is 0.329 e. The summed E-state index contributed by atoms with van der Waals surface area (Å²) in [5.74, 6) is -0.646. The summed E-state index contributed by atoms with van der Waals surface area (Å²) < 4.78 is 10.7. The van der Waals surface area contributed by atoms with Crippen molar-refractivity contribution in [3.63, 3.8) is 0 Å². The number of benzene rings is 2. The van der Waals surface area contributed by atoms with E-state index >= 15 is 0 Å². The summed E-state index contributed by atoms with van der Waals surface area (Å²) in [6, 6.07) is 11.8. The first-order valence-electron chi connectivity index (χ1n) is 7.75. The Morgan fingerprint density at radius 1 is 1.15 bits per heavy atom. The highest BCUT2D eigenvalue weighted by molar-refractivity contribution is 6.41. The fraction of sp³-hybridized carbons (Fsp3) is 0.167. The van der Waals surface area contributed by atoms with Crippen LogP contribution in [0.15, 0.2) is 47.6 Å². The molecule has 0 saturated heterocycles. The van der Waals surface area contributed by atoms with E-state index in [1.165, 1.54) is 13.3 Å². The molecule has 0 aliphatic carbocycles. The standard InChI is InChI=1S/C18H18ClN3O4/c1-3-26-15-9-8-12(10-16(15)25-2)11-20-22-18(24)17(23)21-14-7-5-4-6-13(14)19/h4-11H,3H2,1-2H3,(H,21,23)(H,22,24)/b20-11-. The van der Waals surface area contributed by atoms with E-state index in [0.29, 0.717) is 34.4 Å². The Morgan fingerprint density at radius 2 is 1.92 bits per heavy atom. The molecule has 8 heteroatoms. The molecule has 0 bridgehead atoms. The molecule has 0 radical (unpaired) electrons. The van der Waals surface area contributed by atoms with Gasteiger partial charge in [0, 0.05) is 0 Å². The summed E-state index contributed by atoms with van der Waals surface area (Å²) >= 11 is 5.92. The average Bonchev–Trinajstić information content (AvgIpc) is 2.64. The highest BCUT2D eigenvalue weighted by atomic mass is 35.5. The predicted molar refractivity (Wildman–Crippen MR) is 100.0 cm³/mol. The van der Waals surface area contributed by atoms with Crippen LogP contribution in [0.5, 0.6) is 11.5 Å². The molecule has 0 fully saturated rings. The number of carbonyl (C=O) groups excluding carboxylic acids is 2. The number of anilines is 1. The first-order chi connectivity index (χ1) is 12.5. The van der Waals surface area contributed by atoms with E-state index < -0.39 is 11.8 Å². The largest absolute Gasteiger partial charge is 0.493 e. The van der Waals surface area contributed by atoms with Gasteiger partial charge in [-0.15, -0.1) is 0 Å². The van der Waals surface area contributed by atoms with Gasteiger partial charge in [-0.2, -0.15) is 5.10 Å². The fourth-order valence-corrected chi connectivity index (χ4v) is 2.18. The van der Waals surface area contributed by atoms with E-state index in [0.717, 1.165) is 0 Å². The number of nitrogens with zero attached hydrogens (tertiary/aromatic N) is 1. The minimum atomic E-state index is -0.918. The minimum Gasteiger partial charge on any atom is -0.493 e. The van der Waals surface area contributed by atoms with Crippen LogP contribution in [0.4, 0.5) is 5.69 Å². The van der Waals surface area contributed by atoms with Gasteiger partial charge in [-0.1, -0.05) is 23.7 Å². The number of hydrogen-bond acceptors (Lipinski definition) is 5. The van der Waals surface area contributed by atoms with Gasteiger partial charge in [0.2, 0.25) is 0 Å². The van der Waals surface area contributed by atoms with Crippen LogP contribution in [0.1, 0.15) is 12.5 Å². The Labute approximate surface area is 155 Å². The molecule has 7 nitrogen and oxygen atoms in total. The van der Waals surface area contributed by atoms with E-state index in [9.17, 15) is 9.59 Å². The Morgan fingerprint density at radius 3 is 2.62 bits per heavy atom. The molecule has 2 amide bonds. The van der Waals surface area contributed by atoms with Gasteiger partial charge in [-0.3, -0.25) is 9.59 Å². The second-order valence-electron chi connectivity index (χ2n) is 4.98. The molecule has 136 valence electrons. The van der Waals surface area contributed by atoms with Gasteiger partial charge in [-0.05, 0) is 42.8 Å². The number of carbonyl (C=O) groups is 2. The Kier molecular flexibility index (Phi) is 6.99. The smallest absolute Gasteiger partial charge is 0.329 e. The molecular weight excluding hydrogens is 358 g/mol. The second-order valence-corrected chi connectivity index (χ2v) is 5.38. The summed E-state index contributed by atoms with van der Waals surface area (Å²) in [5, 5.41) is 6.50. The molecule has 0 atom stereocenters. The number of hydrogen-bond donors (Lipinski definition) is 2. The maximum absolute atomic E-state index is 11.8. The number of methoxy groups -OCH3 is 1. The Hall–Kier alpha value is -3.06. The molecule has 2 N–H and O–H groups in total. The van der Waals surface area contributed by atoms with Crippen LogP contribution >= 0.6 is 11.6 Å². The van der Waals surface area contributed by atoms with Crippen LogP contribution in [-0.2, 0) is 9.59 Å². The number of halogens is 1. The lowest BCUT2D eigenvalue weighted by atomic mass is 10.2. The van der Waals surface area contributed by atoms with Crippen LogP contribution in [0.25, 0.3) is 0 Å². The van der Waals surface area contributed by atoms with Crippen LogP contribution in [0, 0.1) is 0 Å². The third-order valence-electron chi connectivity index (χ3n) is 3.20. The topological polar surface area (TPSA) is 89.0 Å². The van der Waals surface area contributed by atoms with Crippen molar-refractivity contribution in [2.75, 3.05) is 19.0 Å². The van der Waals surface area contributed by atoms with Crippen molar-refractivity contribution < 1.29 is 19.1 Å². The molecule has 0 saturated carbocycles. The van der Waals surface area contributed by atoms with Crippen molar-refractivity contribution in [1.82, 2.24) is 5.43 Å². The molecule has 0 heterocycles. The monoisotopic (exact) mass is 375 g/mol. The average molecular weight is 376 g/mol. The van der Waals surface area contributed by atoms with E-state index in [1.807, 2.05) is 6.92 Å². The van der Waals surface area contributed by atoms with Gasteiger partial charge in [0.05, 0.1) is 30.6 Å². The molecule has 26 heavy (non-hydrogen) atoms. The molecule has 0 unspecified atom stereocenters. The van der Waals surface area contributed by atoms with Crippen LogP contribution in [0.2, 0.25) is 5.02 Å². The van der Waals surface area contributed by atoms with E-state index in [2.05, 4.69) is 15.8 Å². The lowest BCUT2D eigenvalue weighted by molar-refractivity contribution is -0.136. The van der Waals surface area contributed by atoms with Crippen molar-refractivity contribution in [2.24, 2.45) is 5.10 Å². The van der Waals surface area contributed by atoms with Crippen molar-refractivity contribution in [3.05, 3.63) is 53.1 Å². The van der Waals surface area contributed by atoms with Gasteiger partial charge in [0.15, 0.2) is 11.5 Å². The molecule has 2 rings (SSSR count). The Bertz CT molecular complexity index is 824. The molecular formula is C18H18ClN3O4. The highest BCUT2D eigenvalue weighted by Crippen LogP contribution is 2.27. The van der Waals surface area contributed by atoms with E-state index in [4.69, 9.17) is 21.1 Å². The van der Waals surface area contributed by atoms with Crippen LogP contribution in [-0.4, -0.2) is 31.7 Å². The summed E-state index contributed by atoms with van der Waals surface area (Å²) in [5.41, 5.74) is 3.16. The van der Waals surface area contributed by atoms with Crippen molar-refractivity contribution in [3.8, 4) is 11.5 Å². The van der Waals surface area contributed by atoms with Gasteiger partial charge >= 0.3 is 11.8 Å². The summed E-state index contributed by atoms with van der Waals surface area (Å²) in [7, 11) is 1.53. The number of rotatable bonds is 6. The first kappa shape index (κ1) is 19.3. The molecule has 2 aromatic carbocycles. The SMILES string of the molecule is CCOc1ccc(/C=N\NC(=O)C(=O)Nc2ccccc2Cl)cc1OC. The number of hydrazone groups is 1. The normalized spacial score (nSPS) is 10.4. The third kappa shape index (κ3) is 5.22.